The van der Waals surface area contributed by atoms with Crippen LogP contribution < -0.4 is 14.9 Å². The summed E-state index contributed by atoms with van der Waals surface area (Å²) in [5, 5.41) is 5.24. The molecule has 1 amide bonds. The van der Waals surface area contributed by atoms with Gasteiger partial charge in [-0.2, -0.15) is 5.10 Å². The predicted molar refractivity (Wildman–Crippen MR) is 120 cm³/mol. The number of para-hydroxylation sites is 3. The average molecular weight is 411 g/mol. The van der Waals surface area contributed by atoms with Gasteiger partial charge < -0.3 is 14.0 Å². The number of hydrogen-bond donors (Lipinski definition) is 1. The van der Waals surface area contributed by atoms with Gasteiger partial charge in [-0.15, -0.1) is 0 Å². The first kappa shape index (κ1) is 18.9. The maximum Gasteiger partial charge on any atom is 0.284 e. The highest BCUT2D eigenvalue weighted by atomic mass is 16.6. The minimum atomic E-state index is -0.744. The van der Waals surface area contributed by atoms with E-state index in [0.717, 1.165) is 23.0 Å². The zero-order chi connectivity index (χ0) is 21.0. The molecule has 1 aliphatic rings. The quantitative estimate of drug-likeness (QED) is 0.399. The van der Waals surface area contributed by atoms with E-state index >= 15 is 0 Å². The van der Waals surface area contributed by atoms with E-state index in [0.29, 0.717) is 11.5 Å². The fourth-order valence-corrected chi connectivity index (χ4v) is 3.68. The number of hydrazone groups is 1. The summed E-state index contributed by atoms with van der Waals surface area (Å²) in [4.78, 5) is 12.5. The molecule has 0 saturated carbocycles. The zero-order valence-corrected chi connectivity index (χ0v) is 16.8. The molecule has 0 spiro atoms. The van der Waals surface area contributed by atoms with Gasteiger partial charge in [0, 0.05) is 29.2 Å². The van der Waals surface area contributed by atoms with E-state index in [9.17, 15) is 4.79 Å². The van der Waals surface area contributed by atoms with E-state index in [2.05, 4.69) is 39.4 Å². The Morgan fingerprint density at radius 1 is 1.00 bits per heavy atom. The fourth-order valence-electron chi connectivity index (χ4n) is 3.68. The molecule has 0 aliphatic carbocycles. The number of hydrogen-bond acceptors (Lipinski definition) is 4. The summed E-state index contributed by atoms with van der Waals surface area (Å²) < 4.78 is 13.5. The van der Waals surface area contributed by atoms with Crippen molar-refractivity contribution in [2.24, 2.45) is 5.10 Å². The van der Waals surface area contributed by atoms with Crippen LogP contribution in [0.4, 0.5) is 0 Å². The van der Waals surface area contributed by atoms with Crippen molar-refractivity contribution in [2.45, 2.75) is 12.6 Å². The molecule has 1 aliphatic heterocycles. The molecule has 1 unspecified atom stereocenters. The number of rotatable bonds is 5. The standard InChI is InChI=1S/C25H21N3O3/c29-25(24-17-30-22-12-6-7-13-23(22)31-24)27-26-14-19-16-28(15-18-8-2-1-3-9-18)21-11-5-4-10-20(19)21/h1-14,16,24H,15,17H2,(H,27,29). The highest BCUT2D eigenvalue weighted by molar-refractivity contribution is 5.99. The van der Waals surface area contributed by atoms with Crippen LogP contribution in [0.25, 0.3) is 10.9 Å². The summed E-state index contributed by atoms with van der Waals surface area (Å²) in [7, 11) is 0. The van der Waals surface area contributed by atoms with E-state index in [4.69, 9.17) is 9.47 Å². The van der Waals surface area contributed by atoms with E-state index in [1.165, 1.54) is 5.56 Å². The third-order valence-electron chi connectivity index (χ3n) is 5.19. The van der Waals surface area contributed by atoms with Crippen LogP contribution in [0.5, 0.6) is 11.5 Å². The maximum atomic E-state index is 12.5. The lowest BCUT2D eigenvalue weighted by molar-refractivity contribution is -0.130. The Balaban J connectivity index is 1.31. The van der Waals surface area contributed by atoms with Crippen LogP contribution in [0.2, 0.25) is 0 Å². The van der Waals surface area contributed by atoms with Gasteiger partial charge in [0.15, 0.2) is 11.5 Å². The molecule has 6 heteroatoms. The Bertz CT molecular complexity index is 1250. The van der Waals surface area contributed by atoms with Gasteiger partial charge in [-0.3, -0.25) is 4.79 Å². The Morgan fingerprint density at radius 3 is 2.61 bits per heavy atom. The van der Waals surface area contributed by atoms with Crippen molar-refractivity contribution in [3.05, 3.63) is 96.2 Å². The van der Waals surface area contributed by atoms with E-state index in [-0.39, 0.29) is 12.5 Å². The number of carbonyl (C=O) groups excluding carboxylic acids is 1. The SMILES string of the molecule is O=C(NN=Cc1cn(Cc2ccccc2)c2ccccc12)C1COc2ccccc2O1. The van der Waals surface area contributed by atoms with Gasteiger partial charge in [0.05, 0.1) is 6.21 Å². The van der Waals surface area contributed by atoms with Gasteiger partial charge >= 0.3 is 0 Å². The molecule has 154 valence electrons. The summed E-state index contributed by atoms with van der Waals surface area (Å²) in [6.07, 6.45) is 2.97. The third-order valence-corrected chi connectivity index (χ3v) is 5.19. The van der Waals surface area contributed by atoms with Crippen molar-refractivity contribution in [1.29, 1.82) is 0 Å². The molecule has 5 rings (SSSR count). The molecule has 4 aromatic rings. The maximum absolute atomic E-state index is 12.5. The molecule has 0 saturated heterocycles. The number of nitrogens with zero attached hydrogens (tertiary/aromatic N) is 2. The first-order valence-electron chi connectivity index (χ1n) is 10.1. The zero-order valence-electron chi connectivity index (χ0n) is 16.8. The van der Waals surface area contributed by atoms with Gasteiger partial charge in [-0.25, -0.2) is 5.43 Å². The number of amides is 1. The Labute approximate surface area is 179 Å². The van der Waals surface area contributed by atoms with Crippen LogP contribution in [0.1, 0.15) is 11.1 Å². The Morgan fingerprint density at radius 2 is 1.74 bits per heavy atom. The molecule has 2 heterocycles. The number of fused-ring (bicyclic) bond motifs is 2. The molecule has 1 aromatic heterocycles. The fraction of sp³-hybridized carbons (Fsp3) is 0.120. The van der Waals surface area contributed by atoms with Gasteiger partial charge in [0.25, 0.3) is 5.91 Å². The average Bonchev–Trinajstić information content (AvgIpc) is 3.17. The third kappa shape index (κ3) is 4.00. The molecule has 31 heavy (non-hydrogen) atoms. The van der Waals surface area contributed by atoms with E-state index in [1.807, 2.05) is 54.7 Å². The van der Waals surface area contributed by atoms with Crippen LogP contribution in [0.15, 0.2) is 90.2 Å². The summed E-state index contributed by atoms with van der Waals surface area (Å²) in [5.41, 5.74) is 5.83. The normalized spacial score (nSPS) is 15.3. The molecule has 0 fully saturated rings. The number of ether oxygens (including phenoxy) is 2. The lowest BCUT2D eigenvalue weighted by atomic mass is 10.2. The van der Waals surface area contributed by atoms with Gasteiger partial charge in [-0.05, 0) is 23.8 Å². The molecule has 0 radical (unpaired) electrons. The first-order valence-corrected chi connectivity index (χ1v) is 10.1. The Kier molecular flexibility index (Phi) is 5.10. The monoisotopic (exact) mass is 411 g/mol. The summed E-state index contributed by atoms with van der Waals surface area (Å²) >= 11 is 0. The van der Waals surface area contributed by atoms with Crippen molar-refractivity contribution >= 4 is 23.0 Å². The predicted octanol–water partition coefficient (Wildman–Crippen LogP) is 3.98. The molecular weight excluding hydrogens is 390 g/mol. The lowest BCUT2D eigenvalue weighted by Gasteiger charge is -2.24. The number of nitrogens with one attached hydrogen (secondary N) is 1. The smallest absolute Gasteiger partial charge is 0.284 e. The second-order valence-electron chi connectivity index (χ2n) is 7.31. The van der Waals surface area contributed by atoms with Crippen molar-refractivity contribution in [3.63, 3.8) is 0 Å². The van der Waals surface area contributed by atoms with E-state index in [1.54, 1.807) is 12.3 Å². The minimum Gasteiger partial charge on any atom is -0.485 e. The van der Waals surface area contributed by atoms with Crippen molar-refractivity contribution in [3.8, 4) is 11.5 Å². The Hall–Kier alpha value is -4.06. The van der Waals surface area contributed by atoms with Crippen LogP contribution in [0.3, 0.4) is 0 Å². The highest BCUT2D eigenvalue weighted by Gasteiger charge is 2.27. The largest absolute Gasteiger partial charge is 0.485 e. The lowest BCUT2D eigenvalue weighted by Crippen LogP contribution is -2.42. The molecule has 3 aromatic carbocycles. The second-order valence-corrected chi connectivity index (χ2v) is 7.31. The number of aromatic nitrogens is 1. The molecule has 6 nitrogen and oxygen atoms in total. The van der Waals surface area contributed by atoms with Crippen molar-refractivity contribution < 1.29 is 14.3 Å². The topological polar surface area (TPSA) is 64.9 Å². The van der Waals surface area contributed by atoms with Gasteiger partial charge in [0.2, 0.25) is 6.10 Å². The van der Waals surface area contributed by atoms with Crippen molar-refractivity contribution in [2.75, 3.05) is 6.61 Å². The van der Waals surface area contributed by atoms with Crippen molar-refractivity contribution in [1.82, 2.24) is 9.99 Å². The molecule has 1 N–H and O–H groups in total. The van der Waals surface area contributed by atoms with Crippen LogP contribution in [0, 0.1) is 0 Å². The molecule has 1 atom stereocenters. The second kappa shape index (κ2) is 8.36. The van der Waals surface area contributed by atoms with Gasteiger partial charge in [0.1, 0.15) is 6.61 Å². The number of carbonyl (C=O) groups is 1. The highest BCUT2D eigenvalue weighted by Crippen LogP contribution is 2.30. The minimum absolute atomic E-state index is 0.148. The van der Waals surface area contributed by atoms with Crippen LogP contribution in [-0.2, 0) is 11.3 Å². The molecule has 0 bridgehead atoms. The molecular formula is C25H21N3O3. The number of benzene rings is 3. The first-order chi connectivity index (χ1) is 15.3. The van der Waals surface area contributed by atoms with Crippen LogP contribution >= 0.6 is 0 Å². The van der Waals surface area contributed by atoms with E-state index < -0.39 is 6.10 Å². The van der Waals surface area contributed by atoms with Crippen LogP contribution in [-0.4, -0.2) is 29.4 Å². The van der Waals surface area contributed by atoms with Gasteiger partial charge in [-0.1, -0.05) is 60.7 Å². The summed E-state index contributed by atoms with van der Waals surface area (Å²) in [5.74, 6) is 0.849. The summed E-state index contributed by atoms with van der Waals surface area (Å²) in [6, 6.07) is 25.7. The summed E-state index contributed by atoms with van der Waals surface area (Å²) in [6.45, 7) is 0.906.